The summed E-state index contributed by atoms with van der Waals surface area (Å²) in [5.41, 5.74) is 0. The smallest absolute Gasteiger partial charge is 0.430 e. The van der Waals surface area contributed by atoms with Crippen LogP contribution in [-0.2, 0) is 23.8 Å². The lowest BCUT2D eigenvalue weighted by Crippen LogP contribution is -2.01. The molecule has 80 valence electrons. The maximum absolute atomic E-state index is 10.0. The fraction of sp³-hybridized carbons (Fsp3) is 0.750. The molecule has 0 aromatic heterocycles. The first-order valence-corrected chi connectivity index (χ1v) is 4.04. The molecule has 2 aliphatic heterocycles. The van der Waals surface area contributed by atoms with Gasteiger partial charge in [-0.1, -0.05) is 0 Å². The van der Waals surface area contributed by atoms with Crippen LogP contribution in [0.15, 0.2) is 0 Å². The number of rotatable bonds is 0. The van der Waals surface area contributed by atoms with Crippen molar-refractivity contribution in [2.75, 3.05) is 13.2 Å². The Balaban J connectivity index is 0.000000206. The van der Waals surface area contributed by atoms with Crippen molar-refractivity contribution in [3.05, 3.63) is 0 Å². The SMILES string of the molecule is CC1CO1.CC1COC(=O)O1.O=C=O. The Bertz CT molecular complexity index is 204. The minimum absolute atomic E-state index is 0.0486. The molecular weight excluding hydrogens is 192 g/mol. The van der Waals surface area contributed by atoms with E-state index in [1.165, 1.54) is 0 Å². The standard InChI is InChI=1S/C4H6O3.C3H6O.CO2/c1-3-2-6-4(5)7-3;1-3-2-4-3;2-1-3/h3H,2H2,1H3;3H,2H2,1H3;. The molecule has 2 fully saturated rings. The molecular formula is C8H12O6. The summed E-state index contributed by atoms with van der Waals surface area (Å²) in [5, 5.41) is 0. The highest BCUT2D eigenvalue weighted by atomic mass is 16.8. The fourth-order valence-corrected chi connectivity index (χ4v) is 0.514. The van der Waals surface area contributed by atoms with Crippen LogP contribution in [0.4, 0.5) is 4.79 Å². The summed E-state index contributed by atoms with van der Waals surface area (Å²) in [7, 11) is 0. The lowest BCUT2D eigenvalue weighted by molar-refractivity contribution is -0.191. The van der Waals surface area contributed by atoms with Gasteiger partial charge in [-0.05, 0) is 13.8 Å². The van der Waals surface area contributed by atoms with Crippen LogP contribution in [0.2, 0.25) is 0 Å². The molecule has 0 aliphatic carbocycles. The predicted molar refractivity (Wildman–Crippen MR) is 42.3 cm³/mol. The van der Waals surface area contributed by atoms with Crippen molar-refractivity contribution in [3.63, 3.8) is 0 Å². The molecule has 2 heterocycles. The van der Waals surface area contributed by atoms with E-state index in [4.69, 9.17) is 14.3 Å². The first-order chi connectivity index (χ1) is 6.60. The summed E-state index contributed by atoms with van der Waals surface area (Å²) in [4.78, 5) is 26.3. The van der Waals surface area contributed by atoms with Crippen molar-refractivity contribution in [2.45, 2.75) is 26.1 Å². The summed E-state index contributed by atoms with van der Waals surface area (Å²) in [5.74, 6) is 0. The highest BCUT2D eigenvalue weighted by Crippen LogP contribution is 2.04. The maximum atomic E-state index is 10.0. The Hall–Kier alpha value is -1.39. The van der Waals surface area contributed by atoms with Gasteiger partial charge < -0.3 is 14.2 Å². The number of cyclic esters (lactones) is 2. The molecule has 2 aliphatic rings. The summed E-state index contributed by atoms with van der Waals surface area (Å²) in [6, 6.07) is 0. The van der Waals surface area contributed by atoms with Crippen molar-refractivity contribution >= 4 is 12.3 Å². The van der Waals surface area contributed by atoms with E-state index >= 15 is 0 Å². The molecule has 0 N–H and O–H groups in total. The number of ether oxygens (including phenoxy) is 3. The fourth-order valence-electron chi connectivity index (χ4n) is 0.514. The van der Waals surface area contributed by atoms with Crippen molar-refractivity contribution in [1.82, 2.24) is 0 Å². The molecule has 0 amide bonds. The van der Waals surface area contributed by atoms with Crippen LogP contribution in [0.1, 0.15) is 13.8 Å². The quantitative estimate of drug-likeness (QED) is 0.418. The molecule has 2 unspecified atom stereocenters. The molecule has 2 atom stereocenters. The average Bonchev–Trinajstić information content (AvgIpc) is 2.78. The Labute approximate surface area is 81.1 Å². The molecule has 2 rings (SSSR count). The molecule has 14 heavy (non-hydrogen) atoms. The van der Waals surface area contributed by atoms with E-state index in [9.17, 15) is 4.79 Å². The van der Waals surface area contributed by atoms with E-state index in [-0.39, 0.29) is 12.3 Å². The maximum Gasteiger partial charge on any atom is 0.508 e. The Morgan fingerprint density at radius 3 is 1.71 bits per heavy atom. The van der Waals surface area contributed by atoms with E-state index in [0.717, 1.165) is 6.61 Å². The van der Waals surface area contributed by atoms with Crippen molar-refractivity contribution < 1.29 is 28.6 Å². The predicted octanol–water partition coefficient (Wildman–Crippen LogP) is 0.363. The lowest BCUT2D eigenvalue weighted by atomic mass is 10.5. The zero-order valence-corrected chi connectivity index (χ0v) is 8.02. The highest BCUT2D eigenvalue weighted by molar-refractivity contribution is 5.61. The zero-order chi connectivity index (χ0) is 11.0. The second kappa shape index (κ2) is 7.06. The third-order valence-electron chi connectivity index (χ3n) is 1.23. The molecule has 0 radical (unpaired) electrons. The third-order valence-corrected chi connectivity index (χ3v) is 1.23. The van der Waals surface area contributed by atoms with Crippen molar-refractivity contribution in [2.24, 2.45) is 0 Å². The van der Waals surface area contributed by atoms with Gasteiger partial charge in [0.1, 0.15) is 12.7 Å². The lowest BCUT2D eigenvalue weighted by Gasteiger charge is -1.90. The molecule has 0 aromatic carbocycles. The van der Waals surface area contributed by atoms with Crippen molar-refractivity contribution in [3.8, 4) is 0 Å². The summed E-state index contributed by atoms with van der Waals surface area (Å²) < 4.78 is 13.6. The first kappa shape index (κ1) is 12.6. The van der Waals surface area contributed by atoms with Gasteiger partial charge in [0.05, 0.1) is 12.7 Å². The van der Waals surface area contributed by atoms with Crippen LogP contribution in [0.25, 0.3) is 0 Å². The number of hydrogen-bond acceptors (Lipinski definition) is 6. The van der Waals surface area contributed by atoms with Crippen LogP contribution in [-0.4, -0.2) is 37.7 Å². The molecule has 0 saturated carbocycles. The number of carbonyl (C=O) groups excluding carboxylic acids is 3. The van der Waals surface area contributed by atoms with Gasteiger partial charge in [0.2, 0.25) is 0 Å². The Morgan fingerprint density at radius 1 is 1.21 bits per heavy atom. The van der Waals surface area contributed by atoms with Crippen LogP contribution in [0.3, 0.4) is 0 Å². The molecule has 0 aromatic rings. The van der Waals surface area contributed by atoms with Gasteiger partial charge in [0.25, 0.3) is 0 Å². The number of carbonyl (C=O) groups is 1. The zero-order valence-electron chi connectivity index (χ0n) is 8.02. The van der Waals surface area contributed by atoms with E-state index in [1.807, 2.05) is 0 Å². The Morgan fingerprint density at radius 2 is 1.64 bits per heavy atom. The number of hydrogen-bond donors (Lipinski definition) is 0. The van der Waals surface area contributed by atoms with Gasteiger partial charge in [-0.2, -0.15) is 9.59 Å². The minimum atomic E-state index is -0.549. The topological polar surface area (TPSA) is 82.2 Å². The first-order valence-electron chi connectivity index (χ1n) is 4.04. The van der Waals surface area contributed by atoms with E-state index in [1.54, 1.807) is 6.92 Å². The molecule has 0 spiro atoms. The van der Waals surface area contributed by atoms with Crippen LogP contribution < -0.4 is 0 Å². The second-order valence-corrected chi connectivity index (χ2v) is 2.72. The number of epoxide rings is 1. The van der Waals surface area contributed by atoms with Gasteiger partial charge >= 0.3 is 12.3 Å². The van der Waals surface area contributed by atoms with Gasteiger partial charge in [-0.3, -0.25) is 0 Å². The molecule has 0 bridgehead atoms. The van der Waals surface area contributed by atoms with Crippen LogP contribution >= 0.6 is 0 Å². The largest absolute Gasteiger partial charge is 0.508 e. The van der Waals surface area contributed by atoms with Gasteiger partial charge in [0, 0.05) is 0 Å². The molecule has 6 nitrogen and oxygen atoms in total. The van der Waals surface area contributed by atoms with E-state index in [0.29, 0.717) is 12.7 Å². The average molecular weight is 204 g/mol. The van der Waals surface area contributed by atoms with Gasteiger partial charge in [0.15, 0.2) is 0 Å². The van der Waals surface area contributed by atoms with Gasteiger partial charge in [-0.25, -0.2) is 4.79 Å². The van der Waals surface area contributed by atoms with E-state index in [2.05, 4.69) is 16.4 Å². The molecule has 6 heteroatoms. The van der Waals surface area contributed by atoms with Gasteiger partial charge in [-0.15, -0.1) is 0 Å². The van der Waals surface area contributed by atoms with E-state index < -0.39 is 6.16 Å². The summed E-state index contributed by atoms with van der Waals surface area (Å²) >= 11 is 0. The van der Waals surface area contributed by atoms with Crippen LogP contribution in [0.5, 0.6) is 0 Å². The van der Waals surface area contributed by atoms with Crippen molar-refractivity contribution in [1.29, 1.82) is 0 Å². The Kier molecular flexibility index (Phi) is 6.36. The normalized spacial score (nSPS) is 26.6. The summed E-state index contributed by atoms with van der Waals surface area (Å²) in [6.45, 7) is 5.23. The minimum Gasteiger partial charge on any atom is -0.430 e. The monoisotopic (exact) mass is 204 g/mol. The third kappa shape index (κ3) is 8.70. The molecule has 2 saturated heterocycles. The van der Waals surface area contributed by atoms with Crippen LogP contribution in [0, 0.1) is 0 Å². The second-order valence-electron chi connectivity index (χ2n) is 2.72. The summed E-state index contributed by atoms with van der Waals surface area (Å²) in [6.07, 6.45) is 0.236. The highest BCUT2D eigenvalue weighted by Gasteiger charge is 2.19.